The molecule has 0 unspecified atom stereocenters. The van der Waals surface area contributed by atoms with Crippen LogP contribution in [-0.2, 0) is 11.2 Å². The van der Waals surface area contributed by atoms with Crippen molar-refractivity contribution in [3.8, 4) is 0 Å². The Hall–Kier alpha value is -1.45. The number of alkyl halides is 3. The Morgan fingerprint density at radius 3 is 2.75 bits per heavy atom. The van der Waals surface area contributed by atoms with Gasteiger partial charge in [-0.25, -0.2) is 10.4 Å². The van der Waals surface area contributed by atoms with E-state index in [9.17, 15) is 18.0 Å². The first-order valence-electron chi connectivity index (χ1n) is 6.08. The summed E-state index contributed by atoms with van der Waals surface area (Å²) >= 11 is 0. The molecule has 1 rings (SSSR count). The third-order valence-corrected chi connectivity index (χ3v) is 2.88. The van der Waals surface area contributed by atoms with Gasteiger partial charge in [0.1, 0.15) is 0 Å². The van der Waals surface area contributed by atoms with E-state index in [0.717, 1.165) is 6.92 Å². The molecule has 5 N–H and O–H groups in total. The Morgan fingerprint density at radius 1 is 1.55 bits per heavy atom. The van der Waals surface area contributed by atoms with Crippen LogP contribution in [0.3, 0.4) is 0 Å². The van der Waals surface area contributed by atoms with E-state index in [1.807, 2.05) is 0 Å². The number of rotatable bonds is 8. The highest BCUT2D eigenvalue weighted by atomic mass is 19.4. The summed E-state index contributed by atoms with van der Waals surface area (Å²) in [5.74, 6) is 3.46. The molecular weight excluding hydrogens is 275 g/mol. The maximum atomic E-state index is 12.3. The second kappa shape index (κ2) is 7.36. The average molecular weight is 293 g/mol. The Labute approximate surface area is 114 Å². The first-order chi connectivity index (χ1) is 9.34. The summed E-state index contributed by atoms with van der Waals surface area (Å²) in [4.78, 5) is 18.4. The van der Waals surface area contributed by atoms with E-state index in [1.54, 1.807) is 6.20 Å². The van der Waals surface area contributed by atoms with Gasteiger partial charge < -0.3 is 10.3 Å². The van der Waals surface area contributed by atoms with Crippen LogP contribution in [-0.4, -0.2) is 41.1 Å². The molecule has 0 bridgehead atoms. The van der Waals surface area contributed by atoms with E-state index in [1.165, 1.54) is 6.33 Å². The zero-order valence-corrected chi connectivity index (χ0v) is 11.0. The molecule has 0 fully saturated rings. The Bertz CT molecular complexity index is 407. The van der Waals surface area contributed by atoms with Crippen molar-refractivity contribution < 1.29 is 18.0 Å². The van der Waals surface area contributed by atoms with Crippen LogP contribution >= 0.6 is 0 Å². The summed E-state index contributed by atoms with van der Waals surface area (Å²) in [6, 6.07) is -0.677. The first-order valence-corrected chi connectivity index (χ1v) is 6.08. The highest BCUT2D eigenvalue weighted by Gasteiger charge is 2.35. The van der Waals surface area contributed by atoms with Crippen molar-refractivity contribution in [1.29, 1.82) is 0 Å². The van der Waals surface area contributed by atoms with E-state index in [-0.39, 0.29) is 18.9 Å². The second-order valence-electron chi connectivity index (χ2n) is 4.54. The van der Waals surface area contributed by atoms with Gasteiger partial charge in [0.2, 0.25) is 0 Å². The second-order valence-corrected chi connectivity index (χ2v) is 4.54. The molecule has 0 amide bonds. The molecule has 0 aromatic carbocycles. The summed E-state index contributed by atoms with van der Waals surface area (Å²) in [7, 11) is 0. The number of nitrogens with one attached hydrogen (secondary N) is 3. The lowest BCUT2D eigenvalue weighted by molar-refractivity contribution is -0.168. The van der Waals surface area contributed by atoms with Crippen LogP contribution in [0.4, 0.5) is 13.2 Å². The van der Waals surface area contributed by atoms with Crippen LogP contribution in [0.5, 0.6) is 0 Å². The standard InChI is InChI=1S/C11H18F3N5O/c1-7(11(12,13)14)3-16-5-10(20)9(19-15)2-8-4-17-6-18-8/h4,6-7,9,16,19H,2-3,5,15H2,1H3,(H,17,18)/t7-,9-/m0/s1. The number of hydrazine groups is 1. The molecule has 2 atom stereocenters. The van der Waals surface area contributed by atoms with Crippen LogP contribution < -0.4 is 16.6 Å². The maximum absolute atomic E-state index is 12.3. The Morgan fingerprint density at radius 2 is 2.25 bits per heavy atom. The summed E-state index contributed by atoms with van der Waals surface area (Å²) in [5, 5.41) is 2.49. The SMILES string of the molecule is C[C@@H](CNCC(=O)[C@H](Cc1cnc[nH]1)NN)C(F)(F)F. The molecule has 1 aromatic rings. The molecule has 0 spiro atoms. The fourth-order valence-electron chi connectivity index (χ4n) is 1.53. The molecule has 6 nitrogen and oxygen atoms in total. The first kappa shape index (κ1) is 16.6. The number of halogens is 3. The predicted molar refractivity (Wildman–Crippen MR) is 66.5 cm³/mol. The van der Waals surface area contributed by atoms with Crippen LogP contribution in [0.2, 0.25) is 0 Å². The van der Waals surface area contributed by atoms with Crippen molar-refractivity contribution in [2.45, 2.75) is 25.6 Å². The topological polar surface area (TPSA) is 95.8 Å². The molecule has 114 valence electrons. The number of aromatic amines is 1. The zero-order chi connectivity index (χ0) is 15.2. The molecule has 0 saturated heterocycles. The molecule has 0 aliphatic rings. The number of aromatic nitrogens is 2. The normalized spacial score (nSPS) is 15.1. The largest absolute Gasteiger partial charge is 0.392 e. The molecule has 0 saturated carbocycles. The van der Waals surface area contributed by atoms with E-state index < -0.39 is 18.1 Å². The van der Waals surface area contributed by atoms with E-state index >= 15 is 0 Å². The summed E-state index contributed by atoms with van der Waals surface area (Å²) < 4.78 is 36.8. The lowest BCUT2D eigenvalue weighted by Gasteiger charge is -2.17. The molecule has 20 heavy (non-hydrogen) atoms. The molecule has 0 radical (unpaired) electrons. The van der Waals surface area contributed by atoms with Crippen LogP contribution in [0.1, 0.15) is 12.6 Å². The van der Waals surface area contributed by atoms with Crippen LogP contribution in [0.25, 0.3) is 0 Å². The van der Waals surface area contributed by atoms with Crippen molar-refractivity contribution in [2.75, 3.05) is 13.1 Å². The molecule has 1 aromatic heterocycles. The Balaban J connectivity index is 2.37. The highest BCUT2D eigenvalue weighted by Crippen LogP contribution is 2.24. The number of imidazole rings is 1. The fourth-order valence-corrected chi connectivity index (χ4v) is 1.53. The molecule has 0 aliphatic carbocycles. The van der Waals surface area contributed by atoms with Gasteiger partial charge in [-0.3, -0.25) is 10.6 Å². The molecule has 0 aliphatic heterocycles. The van der Waals surface area contributed by atoms with Crippen molar-refractivity contribution in [1.82, 2.24) is 20.7 Å². The van der Waals surface area contributed by atoms with Gasteiger partial charge >= 0.3 is 6.18 Å². The summed E-state index contributed by atoms with van der Waals surface area (Å²) in [6.07, 6.45) is -0.948. The molecule has 1 heterocycles. The minimum atomic E-state index is -4.27. The van der Waals surface area contributed by atoms with Gasteiger partial charge in [0, 0.05) is 24.9 Å². The summed E-state index contributed by atoms with van der Waals surface area (Å²) in [5.41, 5.74) is 3.06. The van der Waals surface area contributed by atoms with E-state index in [0.29, 0.717) is 12.1 Å². The lowest BCUT2D eigenvalue weighted by atomic mass is 10.1. The number of Topliss-reactive ketones (excluding diaryl/α,β-unsaturated/α-hetero) is 1. The van der Waals surface area contributed by atoms with E-state index in [4.69, 9.17) is 5.84 Å². The van der Waals surface area contributed by atoms with Gasteiger partial charge in [0.15, 0.2) is 5.78 Å². The summed E-state index contributed by atoms with van der Waals surface area (Å²) in [6.45, 7) is 0.570. The van der Waals surface area contributed by atoms with Gasteiger partial charge in [-0.2, -0.15) is 13.2 Å². The number of nitrogens with zero attached hydrogens (tertiary/aromatic N) is 1. The predicted octanol–water partition coefficient (Wildman–Crippen LogP) is 0.141. The van der Waals surface area contributed by atoms with Gasteiger partial charge in [-0.05, 0) is 0 Å². The number of hydrogen-bond acceptors (Lipinski definition) is 5. The number of ketones is 1. The number of nitrogens with two attached hydrogens (primary N) is 1. The van der Waals surface area contributed by atoms with Crippen LogP contribution in [0.15, 0.2) is 12.5 Å². The third-order valence-electron chi connectivity index (χ3n) is 2.88. The minimum Gasteiger partial charge on any atom is -0.348 e. The van der Waals surface area contributed by atoms with E-state index in [2.05, 4.69) is 20.7 Å². The highest BCUT2D eigenvalue weighted by molar-refractivity contribution is 5.86. The van der Waals surface area contributed by atoms with Crippen molar-refractivity contribution in [2.24, 2.45) is 11.8 Å². The van der Waals surface area contributed by atoms with Gasteiger partial charge in [0.25, 0.3) is 0 Å². The smallest absolute Gasteiger partial charge is 0.348 e. The number of H-pyrrole nitrogens is 1. The number of carbonyl (C=O) groups excluding carboxylic acids is 1. The molecular formula is C11H18F3N5O. The van der Waals surface area contributed by atoms with Gasteiger partial charge in [-0.15, -0.1) is 0 Å². The molecule has 9 heteroatoms. The van der Waals surface area contributed by atoms with Gasteiger partial charge in [0.05, 0.1) is 24.8 Å². The third kappa shape index (κ3) is 5.27. The minimum absolute atomic E-state index is 0.177. The lowest BCUT2D eigenvalue weighted by Crippen LogP contribution is -2.47. The number of carbonyl (C=O) groups is 1. The Kier molecular flexibility index (Phi) is 6.11. The quantitative estimate of drug-likeness (QED) is 0.404. The average Bonchev–Trinajstić information content (AvgIpc) is 2.87. The van der Waals surface area contributed by atoms with Gasteiger partial charge in [-0.1, -0.05) is 6.92 Å². The van der Waals surface area contributed by atoms with Crippen LogP contribution in [0, 0.1) is 5.92 Å². The van der Waals surface area contributed by atoms with Crippen molar-refractivity contribution >= 4 is 5.78 Å². The monoisotopic (exact) mass is 293 g/mol. The maximum Gasteiger partial charge on any atom is 0.392 e. The zero-order valence-electron chi connectivity index (χ0n) is 11.0. The van der Waals surface area contributed by atoms with Crippen molar-refractivity contribution in [3.63, 3.8) is 0 Å². The van der Waals surface area contributed by atoms with Crippen molar-refractivity contribution in [3.05, 3.63) is 18.2 Å². The number of hydrogen-bond donors (Lipinski definition) is 4. The fraction of sp³-hybridized carbons (Fsp3) is 0.636.